The van der Waals surface area contributed by atoms with Crippen LogP contribution < -0.4 is 5.73 Å². The molecule has 0 heterocycles. The summed E-state index contributed by atoms with van der Waals surface area (Å²) in [6, 6.07) is 0.647. The van der Waals surface area contributed by atoms with E-state index in [1.807, 2.05) is 0 Å². The molecule has 1 fully saturated rings. The van der Waals surface area contributed by atoms with E-state index in [2.05, 4.69) is 25.8 Å². The second-order valence-electron chi connectivity index (χ2n) is 4.54. The fourth-order valence-electron chi connectivity index (χ4n) is 1.54. The molecule has 2 N–H and O–H groups in total. The number of hydrogen-bond acceptors (Lipinski definition) is 2. The van der Waals surface area contributed by atoms with E-state index < -0.39 is 0 Å². The summed E-state index contributed by atoms with van der Waals surface area (Å²) in [4.78, 5) is 2.37. The van der Waals surface area contributed by atoms with Gasteiger partial charge in [0.2, 0.25) is 0 Å². The Morgan fingerprint density at radius 3 is 2.33 bits per heavy atom. The molecule has 1 aliphatic rings. The van der Waals surface area contributed by atoms with E-state index in [-0.39, 0.29) is 5.54 Å². The fraction of sp³-hybridized carbons (Fsp3) is 1.00. The molecule has 0 aromatic carbocycles. The summed E-state index contributed by atoms with van der Waals surface area (Å²) in [6.45, 7) is 5.60. The van der Waals surface area contributed by atoms with Gasteiger partial charge in [-0.3, -0.25) is 0 Å². The Morgan fingerprint density at radius 1 is 1.42 bits per heavy atom. The Balaban J connectivity index is 2.16. The summed E-state index contributed by atoms with van der Waals surface area (Å²) in [5, 5.41) is 0. The lowest BCUT2D eigenvalue weighted by atomic mass is 9.75. The van der Waals surface area contributed by atoms with Crippen molar-refractivity contribution in [3.05, 3.63) is 0 Å². The van der Waals surface area contributed by atoms with Gasteiger partial charge in [0.25, 0.3) is 0 Å². The van der Waals surface area contributed by atoms with Gasteiger partial charge in [0.05, 0.1) is 0 Å². The summed E-state index contributed by atoms with van der Waals surface area (Å²) >= 11 is 0. The molecule has 0 radical (unpaired) electrons. The first kappa shape index (κ1) is 10.0. The van der Waals surface area contributed by atoms with Gasteiger partial charge in [-0.25, -0.2) is 0 Å². The molecule has 1 aliphatic carbocycles. The molecule has 2 heteroatoms. The van der Waals surface area contributed by atoms with Crippen LogP contribution in [0.2, 0.25) is 0 Å². The largest absolute Gasteiger partial charge is 0.325 e. The Morgan fingerprint density at radius 2 is 2.00 bits per heavy atom. The van der Waals surface area contributed by atoms with E-state index >= 15 is 0 Å². The molecule has 0 unspecified atom stereocenters. The van der Waals surface area contributed by atoms with Gasteiger partial charge in [-0.15, -0.1) is 0 Å². The zero-order chi connectivity index (χ0) is 9.19. The van der Waals surface area contributed by atoms with Gasteiger partial charge in [-0.2, -0.15) is 0 Å². The van der Waals surface area contributed by atoms with Crippen molar-refractivity contribution in [1.82, 2.24) is 4.90 Å². The first-order valence-electron chi connectivity index (χ1n) is 5.03. The molecular formula is C10H22N2. The van der Waals surface area contributed by atoms with E-state index in [9.17, 15) is 0 Å². The highest BCUT2D eigenvalue weighted by Crippen LogP contribution is 2.32. The lowest BCUT2D eigenvalue weighted by molar-refractivity contribution is 0.180. The predicted octanol–water partition coefficient (Wildman–Crippen LogP) is 1.60. The minimum absolute atomic E-state index is 0.198. The molecule has 0 aromatic heterocycles. The van der Waals surface area contributed by atoms with Crippen LogP contribution in [-0.4, -0.2) is 30.1 Å². The van der Waals surface area contributed by atoms with E-state index in [1.165, 1.54) is 25.7 Å². The Bertz CT molecular complexity index is 139. The topological polar surface area (TPSA) is 29.3 Å². The SMILES string of the molecule is CC(C)N(C)CCC1(N)CCC1. The number of rotatable bonds is 4. The average Bonchev–Trinajstić information content (AvgIpc) is 1.96. The van der Waals surface area contributed by atoms with Gasteiger partial charge < -0.3 is 10.6 Å². The van der Waals surface area contributed by atoms with Crippen molar-refractivity contribution < 1.29 is 0 Å². The summed E-state index contributed by atoms with van der Waals surface area (Å²) in [7, 11) is 2.17. The standard InChI is InChI=1S/C10H22N2/c1-9(2)12(3)8-7-10(11)5-4-6-10/h9H,4-8,11H2,1-3H3. The zero-order valence-corrected chi connectivity index (χ0v) is 8.64. The van der Waals surface area contributed by atoms with Crippen LogP contribution >= 0.6 is 0 Å². The van der Waals surface area contributed by atoms with E-state index in [1.54, 1.807) is 0 Å². The molecular weight excluding hydrogens is 148 g/mol. The number of nitrogens with zero attached hydrogens (tertiary/aromatic N) is 1. The maximum Gasteiger partial charge on any atom is 0.0166 e. The van der Waals surface area contributed by atoms with E-state index in [0.717, 1.165) is 6.54 Å². The minimum atomic E-state index is 0.198. The van der Waals surface area contributed by atoms with Gasteiger partial charge in [0.1, 0.15) is 0 Å². The second-order valence-corrected chi connectivity index (χ2v) is 4.54. The molecule has 12 heavy (non-hydrogen) atoms. The molecule has 1 saturated carbocycles. The van der Waals surface area contributed by atoms with Crippen LogP contribution in [0.4, 0.5) is 0 Å². The molecule has 0 saturated heterocycles. The van der Waals surface area contributed by atoms with Crippen molar-refractivity contribution in [2.75, 3.05) is 13.6 Å². The van der Waals surface area contributed by atoms with Crippen LogP contribution in [0, 0.1) is 0 Å². The summed E-state index contributed by atoms with van der Waals surface area (Å²) in [6.07, 6.45) is 4.97. The fourth-order valence-corrected chi connectivity index (χ4v) is 1.54. The van der Waals surface area contributed by atoms with Crippen LogP contribution in [0.1, 0.15) is 39.5 Å². The molecule has 72 valence electrons. The van der Waals surface area contributed by atoms with Crippen molar-refractivity contribution in [3.8, 4) is 0 Å². The first-order valence-corrected chi connectivity index (χ1v) is 5.03. The lowest BCUT2D eigenvalue weighted by Crippen LogP contribution is -2.48. The average molecular weight is 170 g/mol. The third kappa shape index (κ3) is 2.46. The predicted molar refractivity (Wildman–Crippen MR) is 53.2 cm³/mol. The van der Waals surface area contributed by atoms with E-state index in [0.29, 0.717) is 6.04 Å². The van der Waals surface area contributed by atoms with Gasteiger partial charge in [-0.1, -0.05) is 0 Å². The van der Waals surface area contributed by atoms with Gasteiger partial charge >= 0.3 is 0 Å². The van der Waals surface area contributed by atoms with Crippen molar-refractivity contribution in [2.24, 2.45) is 5.73 Å². The van der Waals surface area contributed by atoms with Crippen LogP contribution in [0.25, 0.3) is 0 Å². The molecule has 0 bridgehead atoms. The molecule has 0 spiro atoms. The Hall–Kier alpha value is -0.0800. The van der Waals surface area contributed by atoms with Crippen molar-refractivity contribution in [3.63, 3.8) is 0 Å². The molecule has 0 aromatic rings. The normalized spacial score (nSPS) is 21.5. The molecule has 2 nitrogen and oxygen atoms in total. The van der Waals surface area contributed by atoms with Crippen LogP contribution in [0.15, 0.2) is 0 Å². The van der Waals surface area contributed by atoms with Gasteiger partial charge in [-0.05, 0) is 53.1 Å². The summed E-state index contributed by atoms with van der Waals surface area (Å²) < 4.78 is 0. The summed E-state index contributed by atoms with van der Waals surface area (Å²) in [5.74, 6) is 0. The zero-order valence-electron chi connectivity index (χ0n) is 8.64. The number of hydrogen-bond donors (Lipinski definition) is 1. The van der Waals surface area contributed by atoms with Gasteiger partial charge in [0, 0.05) is 11.6 Å². The Kier molecular flexibility index (Phi) is 3.13. The molecule has 0 aliphatic heterocycles. The quantitative estimate of drug-likeness (QED) is 0.694. The molecule has 1 rings (SSSR count). The summed E-state index contributed by atoms with van der Waals surface area (Å²) in [5.41, 5.74) is 6.32. The third-order valence-electron chi connectivity index (χ3n) is 3.19. The maximum atomic E-state index is 6.12. The molecule has 0 atom stereocenters. The third-order valence-corrected chi connectivity index (χ3v) is 3.19. The highest BCUT2D eigenvalue weighted by molar-refractivity contribution is 4.92. The maximum absolute atomic E-state index is 6.12. The van der Waals surface area contributed by atoms with Crippen LogP contribution in [-0.2, 0) is 0 Å². The highest BCUT2D eigenvalue weighted by Gasteiger charge is 2.32. The smallest absolute Gasteiger partial charge is 0.0166 e. The van der Waals surface area contributed by atoms with Crippen LogP contribution in [0.3, 0.4) is 0 Å². The van der Waals surface area contributed by atoms with Crippen molar-refractivity contribution in [2.45, 2.75) is 51.1 Å². The Labute approximate surface area is 76.1 Å². The lowest BCUT2D eigenvalue weighted by Gasteiger charge is -2.39. The highest BCUT2D eigenvalue weighted by atomic mass is 15.1. The second kappa shape index (κ2) is 3.75. The van der Waals surface area contributed by atoms with E-state index in [4.69, 9.17) is 5.73 Å². The molecule has 0 amide bonds. The monoisotopic (exact) mass is 170 g/mol. The minimum Gasteiger partial charge on any atom is -0.325 e. The van der Waals surface area contributed by atoms with Gasteiger partial charge in [0.15, 0.2) is 0 Å². The van der Waals surface area contributed by atoms with Crippen molar-refractivity contribution >= 4 is 0 Å². The number of nitrogens with two attached hydrogens (primary N) is 1. The first-order chi connectivity index (χ1) is 5.53. The van der Waals surface area contributed by atoms with Crippen LogP contribution in [0.5, 0.6) is 0 Å². The van der Waals surface area contributed by atoms with Crippen molar-refractivity contribution in [1.29, 1.82) is 0 Å².